The van der Waals surface area contributed by atoms with E-state index in [0.29, 0.717) is 25.4 Å². The molecule has 0 amide bonds. The van der Waals surface area contributed by atoms with Gasteiger partial charge in [0.2, 0.25) is 0 Å². The second-order valence-electron chi connectivity index (χ2n) is 11.0. The molecule has 2 N–H and O–H groups in total. The molecule has 4 aliphatic rings. The molecule has 0 aliphatic carbocycles. The number of rotatable bonds is 3. The fourth-order valence-electron chi connectivity index (χ4n) is 5.45. The summed E-state index contributed by atoms with van der Waals surface area (Å²) in [7, 11) is 0. The van der Waals surface area contributed by atoms with E-state index >= 15 is 0 Å². The van der Waals surface area contributed by atoms with Crippen LogP contribution in [0.5, 0.6) is 0 Å². The molecular formula is C30H42O7. The molecule has 1 saturated heterocycles. The van der Waals surface area contributed by atoms with E-state index in [4.69, 9.17) is 18.9 Å². The summed E-state index contributed by atoms with van der Waals surface area (Å²) in [5.74, 6) is -0.141. The van der Waals surface area contributed by atoms with Crippen molar-refractivity contribution in [3.05, 3.63) is 60.3 Å². The Morgan fingerprint density at radius 2 is 1.97 bits per heavy atom. The first kappa shape index (κ1) is 28.0. The Morgan fingerprint density at radius 3 is 2.78 bits per heavy atom. The minimum absolute atomic E-state index is 0.0863. The number of carbonyl (C=O) groups excluding carboxylic acids is 1. The Labute approximate surface area is 220 Å². The minimum Gasteiger partial charge on any atom is -0.456 e. The summed E-state index contributed by atoms with van der Waals surface area (Å²) in [5.41, 5.74) is 2.23. The zero-order chi connectivity index (χ0) is 26.4. The number of cyclic esters (lactones) is 1. The summed E-state index contributed by atoms with van der Waals surface area (Å²) in [6, 6.07) is 0. The standard InChI is InChI=1S/C30H42O7/c1-19-12-13-34-23(15-19)10-11-25(31)27-18-28-30(37-28)26(32)17-21(3)14-20(2)16-24-8-4-6-22(35-24)7-5-9-29(33)36-27/h4-6,9-12,20,22-28,30-32H,3,7-8,13-18H2,1-2H3/b9-5-,11-10+/t20-,22-,23+,24-,25-,26-,27-,28-,30-/m0/s1. The molecule has 0 spiro atoms. The van der Waals surface area contributed by atoms with Gasteiger partial charge >= 0.3 is 5.97 Å². The predicted molar refractivity (Wildman–Crippen MR) is 141 cm³/mol. The van der Waals surface area contributed by atoms with Crippen molar-refractivity contribution in [1.29, 1.82) is 0 Å². The molecule has 0 aromatic heterocycles. The zero-order valence-corrected chi connectivity index (χ0v) is 22.0. The molecule has 4 rings (SSSR count). The summed E-state index contributed by atoms with van der Waals surface area (Å²) in [5, 5.41) is 21.7. The van der Waals surface area contributed by atoms with Gasteiger partial charge in [0, 0.05) is 12.5 Å². The lowest BCUT2D eigenvalue weighted by Crippen LogP contribution is -2.32. The van der Waals surface area contributed by atoms with Crippen LogP contribution in [0, 0.1) is 5.92 Å². The molecule has 4 heterocycles. The van der Waals surface area contributed by atoms with Crippen molar-refractivity contribution < 1.29 is 34.0 Å². The van der Waals surface area contributed by atoms with Crippen LogP contribution >= 0.6 is 0 Å². The van der Waals surface area contributed by atoms with Gasteiger partial charge < -0.3 is 29.2 Å². The lowest BCUT2D eigenvalue weighted by atomic mass is 9.91. The number of aliphatic hydroxyl groups excluding tert-OH is 2. The monoisotopic (exact) mass is 514 g/mol. The number of esters is 1. The van der Waals surface area contributed by atoms with Gasteiger partial charge in [0.15, 0.2) is 0 Å². The molecule has 9 atom stereocenters. The van der Waals surface area contributed by atoms with Gasteiger partial charge in [-0.15, -0.1) is 0 Å². The first-order valence-electron chi connectivity index (χ1n) is 13.6. The van der Waals surface area contributed by atoms with Crippen LogP contribution in [-0.2, 0) is 23.7 Å². The highest BCUT2D eigenvalue weighted by atomic mass is 16.6. The van der Waals surface area contributed by atoms with Crippen LogP contribution < -0.4 is 0 Å². The quantitative estimate of drug-likeness (QED) is 0.332. The van der Waals surface area contributed by atoms with E-state index < -0.39 is 24.3 Å². The Balaban J connectivity index is 1.44. The van der Waals surface area contributed by atoms with Crippen molar-refractivity contribution in [2.75, 3.05) is 6.61 Å². The van der Waals surface area contributed by atoms with E-state index in [1.165, 1.54) is 11.6 Å². The Kier molecular flexibility index (Phi) is 9.96. The molecule has 2 bridgehead atoms. The normalized spacial score (nSPS) is 39.6. The van der Waals surface area contributed by atoms with Crippen LogP contribution in [0.1, 0.15) is 58.8 Å². The van der Waals surface area contributed by atoms with Crippen LogP contribution in [0.4, 0.5) is 0 Å². The summed E-state index contributed by atoms with van der Waals surface area (Å²) in [6.45, 7) is 8.98. The maximum absolute atomic E-state index is 12.6. The molecule has 0 aromatic rings. The Morgan fingerprint density at radius 1 is 1.14 bits per heavy atom. The number of ether oxygens (including phenoxy) is 4. The summed E-state index contributed by atoms with van der Waals surface area (Å²) < 4.78 is 23.4. The van der Waals surface area contributed by atoms with Crippen molar-refractivity contribution >= 4 is 5.97 Å². The number of carbonyl (C=O) groups is 1. The number of hydrogen-bond acceptors (Lipinski definition) is 7. The predicted octanol–water partition coefficient (Wildman–Crippen LogP) is 4.11. The van der Waals surface area contributed by atoms with E-state index in [0.717, 1.165) is 31.3 Å². The summed E-state index contributed by atoms with van der Waals surface area (Å²) in [6.07, 6.45) is 14.3. The first-order valence-corrected chi connectivity index (χ1v) is 13.6. The molecule has 0 aromatic carbocycles. The van der Waals surface area contributed by atoms with Crippen LogP contribution in [0.25, 0.3) is 0 Å². The van der Waals surface area contributed by atoms with Gasteiger partial charge in [0.05, 0.1) is 37.1 Å². The number of hydrogen-bond donors (Lipinski definition) is 2. The topological polar surface area (TPSA) is 97.8 Å². The fourth-order valence-corrected chi connectivity index (χ4v) is 5.45. The summed E-state index contributed by atoms with van der Waals surface area (Å²) >= 11 is 0. The molecule has 7 heteroatoms. The van der Waals surface area contributed by atoms with E-state index in [1.807, 2.05) is 18.2 Å². The number of fused-ring (bicyclic) bond motifs is 3. The Hall–Kier alpha value is -2.03. The zero-order valence-electron chi connectivity index (χ0n) is 22.0. The van der Waals surface area contributed by atoms with Crippen molar-refractivity contribution in [3.63, 3.8) is 0 Å². The van der Waals surface area contributed by atoms with Crippen molar-refractivity contribution in [3.8, 4) is 0 Å². The highest BCUT2D eigenvalue weighted by Gasteiger charge is 2.46. The summed E-state index contributed by atoms with van der Waals surface area (Å²) in [4.78, 5) is 12.6. The second-order valence-corrected chi connectivity index (χ2v) is 11.0. The van der Waals surface area contributed by atoms with Gasteiger partial charge in [-0.25, -0.2) is 4.79 Å². The van der Waals surface area contributed by atoms with Crippen molar-refractivity contribution in [2.45, 2.75) is 108 Å². The van der Waals surface area contributed by atoms with Crippen LogP contribution in [-0.4, -0.2) is 71.6 Å². The van der Waals surface area contributed by atoms with Gasteiger partial charge in [0.25, 0.3) is 0 Å². The lowest BCUT2D eigenvalue weighted by molar-refractivity contribution is -0.148. The highest BCUT2D eigenvalue weighted by Crippen LogP contribution is 2.35. The van der Waals surface area contributed by atoms with Crippen LogP contribution in [0.2, 0.25) is 0 Å². The fraction of sp³-hybridized carbons (Fsp3) is 0.633. The second kappa shape index (κ2) is 13.2. The molecular weight excluding hydrogens is 472 g/mol. The third-order valence-electron chi connectivity index (χ3n) is 7.44. The molecule has 37 heavy (non-hydrogen) atoms. The van der Waals surface area contributed by atoms with Crippen molar-refractivity contribution in [2.24, 2.45) is 5.92 Å². The SMILES string of the molecule is C=C1C[C@H](C)C[C@@H]2CC=C[C@@H](C/C=C\C(=O)O[C@H]([C@@H](O)/C=C/[C@@H]3CC(C)=CCO3)C[C@@H]3O[C@H]3[C@@H](O)C1)O2. The van der Waals surface area contributed by atoms with E-state index in [-0.39, 0.29) is 36.9 Å². The number of aliphatic hydroxyl groups is 2. The van der Waals surface area contributed by atoms with Gasteiger partial charge in [-0.3, -0.25) is 0 Å². The molecule has 0 saturated carbocycles. The molecule has 1 fully saturated rings. The van der Waals surface area contributed by atoms with E-state index in [9.17, 15) is 15.0 Å². The van der Waals surface area contributed by atoms with Crippen molar-refractivity contribution in [1.82, 2.24) is 0 Å². The lowest BCUT2D eigenvalue weighted by Gasteiger charge is -2.28. The third kappa shape index (κ3) is 8.76. The first-order chi connectivity index (χ1) is 17.8. The molecule has 7 nitrogen and oxygen atoms in total. The van der Waals surface area contributed by atoms with Gasteiger partial charge in [-0.05, 0) is 51.4 Å². The highest BCUT2D eigenvalue weighted by molar-refractivity contribution is 5.82. The van der Waals surface area contributed by atoms with Gasteiger partial charge in [0.1, 0.15) is 18.3 Å². The molecule has 4 aliphatic heterocycles. The largest absolute Gasteiger partial charge is 0.456 e. The van der Waals surface area contributed by atoms with Gasteiger partial charge in [-0.2, -0.15) is 0 Å². The Bertz CT molecular complexity index is 919. The van der Waals surface area contributed by atoms with E-state index in [1.54, 1.807) is 12.2 Å². The van der Waals surface area contributed by atoms with Crippen LogP contribution in [0.3, 0.4) is 0 Å². The van der Waals surface area contributed by atoms with Gasteiger partial charge in [-0.1, -0.05) is 61.1 Å². The average molecular weight is 515 g/mol. The molecule has 0 unspecified atom stereocenters. The minimum atomic E-state index is -1.03. The maximum Gasteiger partial charge on any atom is 0.330 e. The maximum atomic E-state index is 12.6. The van der Waals surface area contributed by atoms with Crippen LogP contribution in [0.15, 0.2) is 60.3 Å². The smallest absolute Gasteiger partial charge is 0.330 e. The average Bonchev–Trinajstić information content (AvgIpc) is 3.61. The third-order valence-corrected chi connectivity index (χ3v) is 7.44. The molecule has 204 valence electrons. The molecule has 0 radical (unpaired) electrons. The number of epoxide rings is 1. The van der Waals surface area contributed by atoms with E-state index in [2.05, 4.69) is 26.5 Å².